The van der Waals surface area contributed by atoms with Gasteiger partial charge in [-0.05, 0) is 0 Å². The van der Waals surface area contributed by atoms with E-state index in [1.807, 2.05) is 0 Å². The first-order valence-corrected chi connectivity index (χ1v) is 5.74. The first kappa shape index (κ1) is 12.0. The predicted octanol–water partition coefficient (Wildman–Crippen LogP) is 4.03. The van der Waals surface area contributed by atoms with Crippen molar-refractivity contribution in [3.63, 3.8) is 0 Å². The van der Waals surface area contributed by atoms with E-state index >= 15 is 0 Å². The van der Waals surface area contributed by atoms with Gasteiger partial charge in [0.2, 0.25) is 0 Å². The number of benzene rings is 1. The Morgan fingerprint density at radius 2 is 0.857 bits per heavy atom. The quantitative estimate of drug-likeness (QED) is 0.435. The lowest BCUT2D eigenvalue weighted by Crippen LogP contribution is -2.06. The van der Waals surface area contributed by atoms with Crippen molar-refractivity contribution in [2.24, 2.45) is 0 Å². The monoisotopic (exact) mass is 334 g/mol. The standard InChI is InChI=1S/C8H4Br2F4/c9-1-3-5(11)7(13)4(2-10)8(14)6(3)12/h1-2H2. The van der Waals surface area contributed by atoms with Gasteiger partial charge in [0.1, 0.15) is 0 Å². The van der Waals surface area contributed by atoms with Gasteiger partial charge in [-0.3, -0.25) is 0 Å². The summed E-state index contributed by atoms with van der Waals surface area (Å²) >= 11 is 5.50. The van der Waals surface area contributed by atoms with Gasteiger partial charge in [-0.2, -0.15) is 0 Å². The summed E-state index contributed by atoms with van der Waals surface area (Å²) in [5, 5.41) is -0.553. The summed E-state index contributed by atoms with van der Waals surface area (Å²) in [5.41, 5.74) is -1.27. The maximum atomic E-state index is 13.1. The Kier molecular flexibility index (Phi) is 3.94. The highest BCUT2D eigenvalue weighted by atomic mass is 79.9. The Morgan fingerprint density at radius 3 is 1.00 bits per heavy atom. The zero-order valence-corrected chi connectivity index (χ0v) is 9.85. The third-order valence-electron chi connectivity index (χ3n) is 1.71. The van der Waals surface area contributed by atoms with Crippen molar-refractivity contribution >= 4 is 31.9 Å². The maximum Gasteiger partial charge on any atom is 0.166 e. The van der Waals surface area contributed by atoms with Gasteiger partial charge < -0.3 is 0 Å². The summed E-state index contributed by atoms with van der Waals surface area (Å²) in [6.45, 7) is 0. The van der Waals surface area contributed by atoms with Crippen LogP contribution in [-0.2, 0) is 10.7 Å². The topological polar surface area (TPSA) is 0 Å². The summed E-state index contributed by atoms with van der Waals surface area (Å²) < 4.78 is 52.2. The van der Waals surface area contributed by atoms with Crippen LogP contribution in [0.15, 0.2) is 0 Å². The van der Waals surface area contributed by atoms with Crippen molar-refractivity contribution in [3.8, 4) is 0 Å². The molecule has 0 radical (unpaired) electrons. The second-order valence-electron chi connectivity index (χ2n) is 2.48. The van der Waals surface area contributed by atoms with Crippen LogP contribution >= 0.6 is 31.9 Å². The largest absolute Gasteiger partial charge is 0.203 e. The molecular weight excluding hydrogens is 332 g/mol. The Labute approximate surface area is 94.6 Å². The molecule has 0 unspecified atom stereocenters. The molecule has 0 amide bonds. The molecule has 0 atom stereocenters. The minimum atomic E-state index is -1.35. The van der Waals surface area contributed by atoms with Gasteiger partial charge in [0, 0.05) is 21.8 Å². The molecule has 0 aliphatic carbocycles. The fourth-order valence-electron chi connectivity index (χ4n) is 0.957. The number of hydrogen-bond donors (Lipinski definition) is 0. The van der Waals surface area contributed by atoms with Crippen molar-refractivity contribution in [2.45, 2.75) is 10.7 Å². The fourth-order valence-corrected chi connectivity index (χ4v) is 1.94. The third-order valence-corrected chi connectivity index (χ3v) is 2.83. The average molecular weight is 336 g/mol. The van der Waals surface area contributed by atoms with Gasteiger partial charge >= 0.3 is 0 Å². The lowest BCUT2D eigenvalue weighted by Gasteiger charge is -2.08. The normalized spacial score (nSPS) is 10.7. The first-order valence-electron chi connectivity index (χ1n) is 3.50. The number of halogens is 6. The van der Waals surface area contributed by atoms with Crippen molar-refractivity contribution in [3.05, 3.63) is 34.4 Å². The van der Waals surface area contributed by atoms with Gasteiger partial charge in [0.25, 0.3) is 0 Å². The number of alkyl halides is 2. The van der Waals surface area contributed by atoms with Gasteiger partial charge in [0.15, 0.2) is 23.3 Å². The second kappa shape index (κ2) is 4.61. The van der Waals surface area contributed by atoms with Gasteiger partial charge in [-0.15, -0.1) is 0 Å². The number of rotatable bonds is 2. The SMILES string of the molecule is Fc1c(F)c(CBr)c(F)c(F)c1CBr. The highest BCUT2D eigenvalue weighted by molar-refractivity contribution is 9.08. The fraction of sp³-hybridized carbons (Fsp3) is 0.250. The summed E-state index contributed by atoms with van der Waals surface area (Å²) in [4.78, 5) is 0. The molecule has 0 aliphatic rings. The molecule has 0 saturated carbocycles. The molecule has 1 rings (SSSR count). The van der Waals surface area contributed by atoms with Crippen LogP contribution in [0, 0.1) is 23.3 Å². The van der Waals surface area contributed by atoms with Crippen LogP contribution in [0.2, 0.25) is 0 Å². The maximum absolute atomic E-state index is 13.1. The van der Waals surface area contributed by atoms with Crippen LogP contribution in [0.1, 0.15) is 11.1 Å². The van der Waals surface area contributed by atoms with Gasteiger partial charge in [-0.25, -0.2) is 17.6 Å². The van der Waals surface area contributed by atoms with Gasteiger partial charge in [-0.1, -0.05) is 31.9 Å². The van der Waals surface area contributed by atoms with Crippen molar-refractivity contribution in [1.82, 2.24) is 0 Å². The van der Waals surface area contributed by atoms with Crippen LogP contribution in [-0.4, -0.2) is 0 Å². The number of hydrogen-bond acceptors (Lipinski definition) is 0. The van der Waals surface area contributed by atoms with Crippen molar-refractivity contribution in [1.29, 1.82) is 0 Å². The summed E-state index contributed by atoms with van der Waals surface area (Å²) in [5.74, 6) is -5.41. The lowest BCUT2D eigenvalue weighted by molar-refractivity contribution is 0.435. The molecule has 1 aromatic rings. The van der Waals surface area contributed by atoms with E-state index in [2.05, 4.69) is 31.9 Å². The molecular formula is C8H4Br2F4. The summed E-state index contributed by atoms with van der Waals surface area (Å²) in [6.07, 6.45) is 0. The second-order valence-corrected chi connectivity index (χ2v) is 3.60. The zero-order chi connectivity index (χ0) is 10.9. The van der Waals surface area contributed by atoms with Crippen LogP contribution in [0.5, 0.6) is 0 Å². The van der Waals surface area contributed by atoms with E-state index in [1.54, 1.807) is 0 Å². The Morgan fingerprint density at radius 1 is 0.643 bits per heavy atom. The molecule has 0 saturated heterocycles. The molecule has 14 heavy (non-hydrogen) atoms. The van der Waals surface area contributed by atoms with Crippen LogP contribution < -0.4 is 0 Å². The minimum Gasteiger partial charge on any atom is -0.203 e. The van der Waals surface area contributed by atoms with E-state index in [9.17, 15) is 17.6 Å². The summed E-state index contributed by atoms with van der Waals surface area (Å²) in [7, 11) is 0. The van der Waals surface area contributed by atoms with Crippen LogP contribution in [0.25, 0.3) is 0 Å². The van der Waals surface area contributed by atoms with E-state index in [0.717, 1.165) is 0 Å². The van der Waals surface area contributed by atoms with E-state index < -0.39 is 34.4 Å². The highest BCUT2D eigenvalue weighted by Crippen LogP contribution is 2.26. The first-order chi connectivity index (χ1) is 6.54. The molecule has 0 spiro atoms. The Hall–Kier alpha value is -0.100. The van der Waals surface area contributed by atoms with E-state index in [1.165, 1.54) is 0 Å². The smallest absolute Gasteiger partial charge is 0.166 e. The molecule has 78 valence electrons. The summed E-state index contributed by atoms with van der Waals surface area (Å²) in [6, 6.07) is 0. The van der Waals surface area contributed by atoms with E-state index in [-0.39, 0.29) is 10.7 Å². The predicted molar refractivity (Wildman–Crippen MR) is 51.5 cm³/mol. The minimum absolute atomic E-state index is 0.277. The van der Waals surface area contributed by atoms with Crippen molar-refractivity contribution in [2.75, 3.05) is 0 Å². The van der Waals surface area contributed by atoms with Gasteiger partial charge in [0.05, 0.1) is 0 Å². The third kappa shape index (κ3) is 1.82. The molecule has 6 heteroatoms. The average Bonchev–Trinajstić information content (AvgIpc) is 2.17. The molecule has 0 N–H and O–H groups in total. The van der Waals surface area contributed by atoms with Crippen LogP contribution in [0.3, 0.4) is 0 Å². The molecule has 0 aromatic heterocycles. The van der Waals surface area contributed by atoms with Crippen LogP contribution in [0.4, 0.5) is 17.6 Å². The molecule has 0 fully saturated rings. The molecule has 1 aromatic carbocycles. The highest BCUT2D eigenvalue weighted by Gasteiger charge is 2.23. The lowest BCUT2D eigenvalue weighted by atomic mass is 10.1. The Balaban J connectivity index is 3.55. The molecule has 0 nitrogen and oxygen atoms in total. The molecule has 0 heterocycles. The van der Waals surface area contributed by atoms with E-state index in [0.29, 0.717) is 0 Å². The molecule has 0 bridgehead atoms. The van der Waals surface area contributed by atoms with E-state index in [4.69, 9.17) is 0 Å². The zero-order valence-electron chi connectivity index (χ0n) is 6.68. The Bertz CT molecular complexity index is 301. The van der Waals surface area contributed by atoms with Crippen molar-refractivity contribution < 1.29 is 17.6 Å². The molecule has 0 aliphatic heterocycles.